The van der Waals surface area contributed by atoms with E-state index >= 15 is 0 Å². The first-order valence-corrected chi connectivity index (χ1v) is 5.43. The Labute approximate surface area is 98.7 Å². The number of nitro groups is 1. The lowest BCUT2D eigenvalue weighted by molar-refractivity contribution is -0.386. The third-order valence-corrected chi connectivity index (χ3v) is 2.14. The Hall–Kier alpha value is -1.69. The Morgan fingerprint density at radius 2 is 2.29 bits per heavy atom. The molecule has 0 aliphatic rings. The molecule has 1 N–H and O–H groups in total. The number of benzene rings is 1. The Kier molecular flexibility index (Phi) is 5.35. The van der Waals surface area contributed by atoms with Crippen LogP contribution in [-0.2, 0) is 0 Å². The first-order valence-electron chi connectivity index (χ1n) is 5.43. The van der Waals surface area contributed by atoms with E-state index in [2.05, 4.69) is 5.32 Å². The van der Waals surface area contributed by atoms with Crippen molar-refractivity contribution in [1.82, 2.24) is 5.32 Å². The van der Waals surface area contributed by atoms with Crippen LogP contribution in [0.1, 0.15) is 13.3 Å². The maximum absolute atomic E-state index is 13.3. The van der Waals surface area contributed by atoms with E-state index in [1.54, 1.807) is 0 Å². The van der Waals surface area contributed by atoms with E-state index in [1.165, 1.54) is 12.1 Å². The first-order chi connectivity index (χ1) is 8.16. The lowest BCUT2D eigenvalue weighted by Gasteiger charge is -2.07. The van der Waals surface area contributed by atoms with Crippen molar-refractivity contribution in [1.29, 1.82) is 0 Å². The van der Waals surface area contributed by atoms with Crippen molar-refractivity contribution in [2.75, 3.05) is 19.7 Å². The third kappa shape index (κ3) is 3.99. The Morgan fingerprint density at radius 3 is 2.94 bits per heavy atom. The van der Waals surface area contributed by atoms with Crippen molar-refractivity contribution in [2.24, 2.45) is 0 Å². The van der Waals surface area contributed by atoms with Gasteiger partial charge in [-0.2, -0.15) is 0 Å². The van der Waals surface area contributed by atoms with Gasteiger partial charge in [0.05, 0.1) is 11.5 Å². The van der Waals surface area contributed by atoms with Gasteiger partial charge in [-0.25, -0.2) is 4.39 Å². The zero-order valence-corrected chi connectivity index (χ0v) is 9.61. The summed E-state index contributed by atoms with van der Waals surface area (Å²) >= 11 is 0. The second kappa shape index (κ2) is 6.80. The largest absolute Gasteiger partial charge is 0.485 e. The quantitative estimate of drug-likeness (QED) is 0.452. The van der Waals surface area contributed by atoms with E-state index < -0.39 is 10.7 Å². The summed E-state index contributed by atoms with van der Waals surface area (Å²) in [4.78, 5) is 10.0. The highest BCUT2D eigenvalue weighted by Crippen LogP contribution is 2.29. The molecule has 5 nitrogen and oxygen atoms in total. The molecule has 1 aromatic carbocycles. The van der Waals surface area contributed by atoms with Crippen LogP contribution >= 0.6 is 0 Å². The molecule has 94 valence electrons. The number of nitro benzene ring substituents is 1. The highest BCUT2D eigenvalue weighted by molar-refractivity contribution is 5.46. The van der Waals surface area contributed by atoms with Gasteiger partial charge in [-0.15, -0.1) is 0 Å². The fraction of sp³-hybridized carbons (Fsp3) is 0.455. The molecular formula is C11H15FN2O3. The second-order valence-electron chi connectivity index (χ2n) is 3.40. The summed E-state index contributed by atoms with van der Waals surface area (Å²) in [6.07, 6.45) is 0.666. The molecule has 0 spiro atoms. The molecule has 0 radical (unpaired) electrons. The smallest absolute Gasteiger partial charge is 0.314 e. The normalized spacial score (nSPS) is 10.2. The van der Waals surface area contributed by atoms with Crippen LogP contribution in [0.3, 0.4) is 0 Å². The minimum absolute atomic E-state index is 0.245. The monoisotopic (exact) mass is 242 g/mol. The number of hydrogen-bond acceptors (Lipinski definition) is 4. The van der Waals surface area contributed by atoms with Gasteiger partial charge in [0.2, 0.25) is 5.75 Å². The van der Waals surface area contributed by atoms with Gasteiger partial charge in [0, 0.05) is 6.07 Å². The van der Waals surface area contributed by atoms with Gasteiger partial charge in [-0.1, -0.05) is 13.0 Å². The fourth-order valence-corrected chi connectivity index (χ4v) is 1.33. The first kappa shape index (κ1) is 13.4. The van der Waals surface area contributed by atoms with Gasteiger partial charge in [0.25, 0.3) is 0 Å². The van der Waals surface area contributed by atoms with E-state index in [4.69, 9.17) is 4.74 Å². The van der Waals surface area contributed by atoms with Crippen LogP contribution in [0.4, 0.5) is 10.1 Å². The molecule has 0 atom stereocenters. The van der Waals surface area contributed by atoms with Crippen LogP contribution < -0.4 is 10.1 Å². The lowest BCUT2D eigenvalue weighted by atomic mass is 10.3. The topological polar surface area (TPSA) is 64.4 Å². The molecule has 0 saturated heterocycles. The van der Waals surface area contributed by atoms with Crippen LogP contribution in [0.25, 0.3) is 0 Å². The molecular weight excluding hydrogens is 227 g/mol. The highest BCUT2D eigenvalue weighted by atomic mass is 19.1. The molecule has 0 amide bonds. The van der Waals surface area contributed by atoms with Crippen LogP contribution in [0.5, 0.6) is 5.75 Å². The van der Waals surface area contributed by atoms with E-state index in [0.29, 0.717) is 6.42 Å². The van der Waals surface area contributed by atoms with Gasteiger partial charge in [-0.05, 0) is 25.6 Å². The summed E-state index contributed by atoms with van der Waals surface area (Å²) in [6, 6.07) is 3.66. The predicted molar refractivity (Wildman–Crippen MR) is 61.7 cm³/mol. The molecule has 0 heterocycles. The van der Waals surface area contributed by atoms with Gasteiger partial charge in [0.15, 0.2) is 5.82 Å². The zero-order chi connectivity index (χ0) is 12.7. The second-order valence-corrected chi connectivity index (χ2v) is 3.40. The van der Waals surface area contributed by atoms with Gasteiger partial charge >= 0.3 is 5.69 Å². The summed E-state index contributed by atoms with van der Waals surface area (Å²) in [6.45, 7) is 3.80. The summed E-state index contributed by atoms with van der Waals surface area (Å²) in [7, 11) is 0. The van der Waals surface area contributed by atoms with Crippen molar-refractivity contribution < 1.29 is 14.1 Å². The van der Waals surface area contributed by atoms with Crippen molar-refractivity contribution in [3.63, 3.8) is 0 Å². The molecule has 0 unspecified atom stereocenters. The average molecular weight is 242 g/mol. The minimum Gasteiger partial charge on any atom is -0.485 e. The maximum atomic E-state index is 13.3. The molecule has 0 aliphatic carbocycles. The third-order valence-electron chi connectivity index (χ3n) is 2.14. The highest BCUT2D eigenvalue weighted by Gasteiger charge is 2.18. The standard InChI is InChI=1S/C11H15FN2O3/c1-2-13-7-4-8-17-11-9(12)5-3-6-10(11)14(15)16/h3,5-6,13H,2,4,7-8H2,1H3. The molecule has 0 fully saturated rings. The lowest BCUT2D eigenvalue weighted by Crippen LogP contribution is -2.16. The van der Waals surface area contributed by atoms with Gasteiger partial charge in [0.1, 0.15) is 0 Å². The summed E-state index contributed by atoms with van der Waals surface area (Å²) < 4.78 is 18.5. The number of rotatable bonds is 7. The van der Waals surface area contributed by atoms with Crippen molar-refractivity contribution >= 4 is 5.69 Å². The molecule has 1 rings (SSSR count). The van der Waals surface area contributed by atoms with E-state index in [9.17, 15) is 14.5 Å². The van der Waals surface area contributed by atoms with Crippen LogP contribution in [0.15, 0.2) is 18.2 Å². The molecule has 1 aromatic rings. The van der Waals surface area contributed by atoms with E-state index in [0.717, 1.165) is 19.2 Å². The number of nitrogens with zero attached hydrogens (tertiary/aromatic N) is 1. The number of para-hydroxylation sites is 1. The Morgan fingerprint density at radius 1 is 1.53 bits per heavy atom. The molecule has 0 bridgehead atoms. The molecule has 0 aromatic heterocycles. The summed E-state index contributed by atoms with van der Waals surface area (Å²) in [5.74, 6) is -0.989. The van der Waals surface area contributed by atoms with Crippen molar-refractivity contribution in [3.05, 3.63) is 34.1 Å². The number of halogens is 1. The molecule has 0 saturated carbocycles. The van der Waals surface area contributed by atoms with Crippen LogP contribution in [0.2, 0.25) is 0 Å². The minimum atomic E-state index is -0.706. The predicted octanol–water partition coefficient (Wildman–Crippen LogP) is 2.11. The van der Waals surface area contributed by atoms with Crippen molar-refractivity contribution in [3.8, 4) is 5.75 Å². The van der Waals surface area contributed by atoms with Crippen LogP contribution in [-0.4, -0.2) is 24.6 Å². The SMILES string of the molecule is CCNCCCOc1c(F)cccc1[N+](=O)[O-]. The zero-order valence-electron chi connectivity index (χ0n) is 9.61. The Balaban J connectivity index is 2.60. The Bertz CT molecular complexity index is 385. The number of ether oxygens (including phenoxy) is 1. The van der Waals surface area contributed by atoms with Gasteiger partial charge in [-0.3, -0.25) is 10.1 Å². The number of nitrogens with one attached hydrogen (secondary N) is 1. The van der Waals surface area contributed by atoms with E-state index in [-0.39, 0.29) is 18.0 Å². The maximum Gasteiger partial charge on any atom is 0.314 e. The summed E-state index contributed by atoms with van der Waals surface area (Å²) in [5.41, 5.74) is -0.339. The molecule has 0 aliphatic heterocycles. The van der Waals surface area contributed by atoms with Gasteiger partial charge < -0.3 is 10.1 Å². The van der Waals surface area contributed by atoms with Crippen LogP contribution in [0, 0.1) is 15.9 Å². The van der Waals surface area contributed by atoms with E-state index in [1.807, 2.05) is 6.92 Å². The molecule has 17 heavy (non-hydrogen) atoms. The molecule has 6 heteroatoms. The fourth-order valence-electron chi connectivity index (χ4n) is 1.33. The average Bonchev–Trinajstić information content (AvgIpc) is 2.30. The van der Waals surface area contributed by atoms with Crippen molar-refractivity contribution in [2.45, 2.75) is 13.3 Å². The number of hydrogen-bond donors (Lipinski definition) is 1. The summed E-state index contributed by atoms with van der Waals surface area (Å²) in [5, 5.41) is 13.7.